The van der Waals surface area contributed by atoms with Crippen molar-refractivity contribution >= 4 is 22.0 Å². The summed E-state index contributed by atoms with van der Waals surface area (Å²) in [6, 6.07) is 10.7. The minimum Gasteiger partial charge on any atom is -0.494 e. The molecule has 0 aromatic heterocycles. The highest BCUT2D eigenvalue weighted by atomic mass is 32.2. The zero-order chi connectivity index (χ0) is 35.1. The maximum Gasteiger partial charge on any atom is 0.407 e. The summed E-state index contributed by atoms with van der Waals surface area (Å²) in [4.78, 5) is 26.6. The maximum absolute atomic E-state index is 13.9. The third-order valence-corrected chi connectivity index (χ3v) is 10.5. The van der Waals surface area contributed by atoms with E-state index in [0.29, 0.717) is 49.7 Å². The van der Waals surface area contributed by atoms with Crippen LogP contribution in [0.2, 0.25) is 0 Å². The minimum atomic E-state index is -4.08. The van der Waals surface area contributed by atoms with Crippen molar-refractivity contribution in [3.8, 4) is 17.2 Å². The van der Waals surface area contributed by atoms with E-state index in [2.05, 4.69) is 5.32 Å². The topological polar surface area (TPSA) is 162 Å². The van der Waals surface area contributed by atoms with E-state index in [-0.39, 0.29) is 55.5 Å². The largest absolute Gasteiger partial charge is 0.494 e. The Labute approximate surface area is 287 Å². The molecule has 0 spiro atoms. The summed E-state index contributed by atoms with van der Waals surface area (Å²) in [7, 11) is -0.656. The van der Waals surface area contributed by atoms with Crippen LogP contribution in [-0.2, 0) is 35.4 Å². The lowest BCUT2D eigenvalue weighted by Crippen LogP contribution is -2.51. The number of nitrogens with one attached hydrogen (secondary N) is 1. The number of aliphatic hydroxyl groups is 1. The summed E-state index contributed by atoms with van der Waals surface area (Å²) in [5.74, 6) is 1.28. The van der Waals surface area contributed by atoms with Crippen LogP contribution in [0.5, 0.6) is 17.2 Å². The van der Waals surface area contributed by atoms with E-state index >= 15 is 0 Å². The van der Waals surface area contributed by atoms with Crippen LogP contribution in [0, 0.1) is 11.8 Å². The Balaban J connectivity index is 1.29. The van der Waals surface area contributed by atoms with Gasteiger partial charge in [-0.3, -0.25) is 4.79 Å². The molecule has 2 amide bonds. The maximum atomic E-state index is 13.9. The quantitative estimate of drug-likeness (QED) is 0.247. The van der Waals surface area contributed by atoms with Gasteiger partial charge in [0.1, 0.15) is 11.9 Å². The second kappa shape index (κ2) is 16.4. The molecule has 2 aromatic rings. The van der Waals surface area contributed by atoms with Gasteiger partial charge >= 0.3 is 6.09 Å². The summed E-state index contributed by atoms with van der Waals surface area (Å²) in [6.45, 7) is 4.70. The van der Waals surface area contributed by atoms with Crippen LogP contribution < -0.4 is 19.5 Å². The number of hydrogen-bond acceptors (Lipinski definition) is 11. The van der Waals surface area contributed by atoms with E-state index in [1.54, 1.807) is 37.2 Å². The summed E-state index contributed by atoms with van der Waals surface area (Å²) < 4.78 is 62.4. The molecule has 3 heterocycles. The molecule has 5 unspecified atom stereocenters. The first-order chi connectivity index (χ1) is 23.4. The third kappa shape index (κ3) is 9.54. The van der Waals surface area contributed by atoms with Gasteiger partial charge in [-0.1, -0.05) is 26.0 Å². The molecule has 2 aromatic carbocycles. The molecule has 5 rings (SSSR count). The van der Waals surface area contributed by atoms with Crippen molar-refractivity contribution in [3.63, 3.8) is 0 Å². The number of fused-ring (bicyclic) bond motifs is 2. The molecule has 49 heavy (non-hydrogen) atoms. The highest BCUT2D eigenvalue weighted by molar-refractivity contribution is 7.89. The molecule has 270 valence electrons. The second-order valence-corrected chi connectivity index (χ2v) is 15.0. The molecule has 14 nitrogen and oxygen atoms in total. The Hall–Kier alpha value is -3.63. The summed E-state index contributed by atoms with van der Waals surface area (Å²) in [5, 5.41) is 14.4. The first-order valence-corrected chi connectivity index (χ1v) is 18.0. The van der Waals surface area contributed by atoms with Crippen LogP contribution in [0.1, 0.15) is 38.7 Å². The number of amides is 2. The molecule has 0 radical (unpaired) electrons. The molecule has 15 heteroatoms. The smallest absolute Gasteiger partial charge is 0.407 e. The van der Waals surface area contributed by atoms with Gasteiger partial charge in [-0.2, -0.15) is 4.31 Å². The van der Waals surface area contributed by atoms with Gasteiger partial charge in [0.25, 0.3) is 0 Å². The Morgan fingerprint density at radius 3 is 2.53 bits per heavy atom. The van der Waals surface area contributed by atoms with Crippen LogP contribution in [0.15, 0.2) is 47.4 Å². The highest BCUT2D eigenvalue weighted by Gasteiger charge is 2.44. The monoisotopic (exact) mass is 705 g/mol. The van der Waals surface area contributed by atoms with Crippen molar-refractivity contribution < 1.29 is 51.5 Å². The zero-order valence-electron chi connectivity index (χ0n) is 28.4. The van der Waals surface area contributed by atoms with Crippen LogP contribution in [0.3, 0.4) is 0 Å². The lowest BCUT2D eigenvalue weighted by molar-refractivity contribution is -0.128. The molecule has 2 fully saturated rings. The fourth-order valence-corrected chi connectivity index (χ4v) is 7.60. The molecule has 0 saturated carbocycles. The fourth-order valence-electron chi connectivity index (χ4n) is 5.97. The predicted octanol–water partition coefficient (Wildman–Crippen LogP) is 2.77. The van der Waals surface area contributed by atoms with Crippen molar-refractivity contribution in [2.45, 2.75) is 69.0 Å². The average molecular weight is 706 g/mol. The number of hydrogen-bond donors (Lipinski definition) is 2. The Kier molecular flexibility index (Phi) is 12.3. The van der Waals surface area contributed by atoms with E-state index < -0.39 is 40.7 Å². The van der Waals surface area contributed by atoms with Crippen molar-refractivity contribution in [2.75, 3.05) is 53.8 Å². The number of nitrogens with zero attached hydrogens (tertiary/aromatic N) is 2. The molecule has 3 aliphatic rings. The van der Waals surface area contributed by atoms with Gasteiger partial charge in [0.15, 0.2) is 17.8 Å². The minimum absolute atomic E-state index is 0.00298. The van der Waals surface area contributed by atoms with E-state index in [9.17, 15) is 23.1 Å². The first kappa shape index (κ1) is 36.6. The van der Waals surface area contributed by atoms with Gasteiger partial charge in [0.05, 0.1) is 42.8 Å². The normalized spacial score (nSPS) is 21.0. The zero-order valence-corrected chi connectivity index (χ0v) is 29.2. The number of benzene rings is 2. The Bertz CT molecular complexity index is 1540. The van der Waals surface area contributed by atoms with E-state index in [1.165, 1.54) is 16.4 Å². The first-order valence-electron chi connectivity index (χ1n) is 16.6. The number of ether oxygens (including phenoxy) is 6. The summed E-state index contributed by atoms with van der Waals surface area (Å²) in [6.07, 6.45) is -1.14. The number of carbonyl (C=O) groups is 2. The SMILES string of the molecule is CC(C)CN(CC(O)C(Cc1ccc(OCCCC(=O)N(C)C)cc1)NC(=O)OC1COC2OCCC12)S(=O)(=O)c1ccc2c(c1)OCO2. The molecular weight excluding hydrogens is 658 g/mol. The van der Waals surface area contributed by atoms with Crippen LogP contribution in [-0.4, -0.2) is 113 Å². The van der Waals surface area contributed by atoms with Crippen molar-refractivity contribution in [2.24, 2.45) is 11.8 Å². The standard InChI is InChI=1S/C34H47N3O11S/c1-22(2)18-37(49(41,42)25-11-12-29-30(17-25)47-21-46-29)19-28(38)27(35-34(40)48-31-20-45-33-26(31)13-15-44-33)16-23-7-9-24(10-8-23)43-14-5-6-32(39)36(3)4/h7-12,17,22,26-28,31,33,38H,5-6,13-16,18-21H2,1-4H3,(H,35,40). The molecular formula is C34H47N3O11S. The number of alkyl carbamates (subject to hydrolysis) is 1. The number of rotatable bonds is 16. The summed E-state index contributed by atoms with van der Waals surface area (Å²) in [5.41, 5.74) is 0.766. The lowest BCUT2D eigenvalue weighted by atomic mass is 10.0. The molecule has 0 aliphatic carbocycles. The lowest BCUT2D eigenvalue weighted by Gasteiger charge is -2.31. The van der Waals surface area contributed by atoms with Crippen LogP contribution in [0.4, 0.5) is 4.79 Å². The van der Waals surface area contributed by atoms with E-state index in [0.717, 1.165) is 5.56 Å². The second-order valence-electron chi connectivity index (χ2n) is 13.1. The van der Waals surface area contributed by atoms with E-state index in [4.69, 9.17) is 28.4 Å². The van der Waals surface area contributed by atoms with Gasteiger partial charge in [0.2, 0.25) is 22.7 Å². The van der Waals surface area contributed by atoms with Crippen molar-refractivity contribution in [3.05, 3.63) is 48.0 Å². The predicted molar refractivity (Wildman–Crippen MR) is 177 cm³/mol. The van der Waals surface area contributed by atoms with Crippen molar-refractivity contribution in [1.29, 1.82) is 0 Å². The molecule has 2 N–H and O–H groups in total. The van der Waals surface area contributed by atoms with Gasteiger partial charge < -0.3 is 43.7 Å². The third-order valence-electron chi connectivity index (χ3n) is 8.63. The molecule has 2 saturated heterocycles. The van der Waals surface area contributed by atoms with Gasteiger partial charge in [-0.25, -0.2) is 13.2 Å². The number of sulfonamides is 1. The number of carbonyl (C=O) groups excluding carboxylic acids is 2. The van der Waals surface area contributed by atoms with Crippen LogP contribution in [0.25, 0.3) is 0 Å². The van der Waals surface area contributed by atoms with E-state index in [1.807, 2.05) is 26.0 Å². The summed E-state index contributed by atoms with van der Waals surface area (Å²) >= 11 is 0. The average Bonchev–Trinajstić information content (AvgIpc) is 3.81. The molecule has 5 atom stereocenters. The molecule has 3 aliphatic heterocycles. The van der Waals surface area contributed by atoms with Crippen molar-refractivity contribution in [1.82, 2.24) is 14.5 Å². The van der Waals surface area contributed by atoms with Gasteiger partial charge in [0, 0.05) is 39.7 Å². The van der Waals surface area contributed by atoms with Gasteiger partial charge in [-0.05, 0) is 55.0 Å². The van der Waals surface area contributed by atoms with Gasteiger partial charge in [-0.15, -0.1) is 0 Å². The Morgan fingerprint density at radius 1 is 1.04 bits per heavy atom. The Morgan fingerprint density at radius 2 is 1.80 bits per heavy atom. The number of aliphatic hydroxyl groups excluding tert-OH is 1. The molecule has 0 bridgehead atoms. The highest BCUT2D eigenvalue weighted by Crippen LogP contribution is 2.35. The fraction of sp³-hybridized carbons (Fsp3) is 0.588. The van der Waals surface area contributed by atoms with Crippen LogP contribution >= 0.6 is 0 Å².